The Morgan fingerprint density at radius 2 is 1.83 bits per heavy atom. The average molecular weight is 409 g/mol. The molecule has 29 heavy (non-hydrogen) atoms. The Balaban J connectivity index is 1.84. The van der Waals surface area contributed by atoms with Crippen LogP contribution < -0.4 is 11.0 Å². The number of carbonyl (C=O) groups is 1. The second-order valence-corrected chi connectivity index (χ2v) is 6.85. The van der Waals surface area contributed by atoms with Gasteiger partial charge in [-0.05, 0) is 24.1 Å². The lowest BCUT2D eigenvalue weighted by Crippen LogP contribution is -2.29. The number of hydrogen-bond donors (Lipinski definition) is 1. The number of amides is 1. The molecule has 1 N–H and O–H groups in total. The number of fused-ring (bicyclic) bond motifs is 1. The van der Waals surface area contributed by atoms with E-state index in [9.17, 15) is 9.59 Å². The van der Waals surface area contributed by atoms with Crippen LogP contribution in [0.15, 0.2) is 69.5 Å². The standard InChI is InChI=1S/C22H21ClN4O2/c1-2-3-13-27-22(29)19-12-8-7-11-18(19)20(26-27)21(28)25-24-15-17(23)14-16-9-5-4-6-10-16/h4-12,14-15H,2-3,13H2,1H3,(H,25,28)/b17-14-,24-15-. The molecular weight excluding hydrogens is 388 g/mol. The van der Waals surface area contributed by atoms with Gasteiger partial charge in [-0.15, -0.1) is 0 Å². The van der Waals surface area contributed by atoms with Gasteiger partial charge in [0, 0.05) is 11.9 Å². The van der Waals surface area contributed by atoms with Gasteiger partial charge in [-0.3, -0.25) is 9.59 Å². The summed E-state index contributed by atoms with van der Waals surface area (Å²) in [5.74, 6) is -0.508. The van der Waals surface area contributed by atoms with Crippen molar-refractivity contribution in [3.63, 3.8) is 0 Å². The van der Waals surface area contributed by atoms with Crippen molar-refractivity contribution in [3.8, 4) is 0 Å². The Morgan fingerprint density at radius 3 is 2.55 bits per heavy atom. The normalized spacial score (nSPS) is 11.9. The number of unbranched alkanes of at least 4 members (excludes halogenated alkanes) is 1. The number of nitrogens with one attached hydrogen (secondary N) is 1. The van der Waals surface area contributed by atoms with E-state index >= 15 is 0 Å². The molecule has 0 radical (unpaired) electrons. The van der Waals surface area contributed by atoms with Crippen LogP contribution in [0, 0.1) is 0 Å². The first-order chi connectivity index (χ1) is 14.1. The van der Waals surface area contributed by atoms with Crippen molar-refractivity contribution in [1.29, 1.82) is 0 Å². The topological polar surface area (TPSA) is 76.3 Å². The Morgan fingerprint density at radius 1 is 1.14 bits per heavy atom. The molecule has 3 rings (SSSR count). The molecule has 0 atom stereocenters. The molecule has 148 valence electrons. The lowest BCUT2D eigenvalue weighted by molar-refractivity contribution is 0.0949. The molecule has 0 aliphatic carbocycles. The summed E-state index contributed by atoms with van der Waals surface area (Å²) in [7, 11) is 0. The molecule has 3 aromatic rings. The highest BCUT2D eigenvalue weighted by atomic mass is 35.5. The number of nitrogens with zero attached hydrogens (tertiary/aromatic N) is 3. The Labute approximate surface area is 173 Å². The zero-order valence-corrected chi connectivity index (χ0v) is 16.8. The van der Waals surface area contributed by atoms with Crippen LogP contribution in [-0.4, -0.2) is 21.9 Å². The second-order valence-electron chi connectivity index (χ2n) is 6.42. The van der Waals surface area contributed by atoms with Crippen LogP contribution in [-0.2, 0) is 6.54 Å². The predicted molar refractivity (Wildman–Crippen MR) is 117 cm³/mol. The van der Waals surface area contributed by atoms with E-state index in [2.05, 4.69) is 15.6 Å². The molecule has 7 heteroatoms. The summed E-state index contributed by atoms with van der Waals surface area (Å²) in [6, 6.07) is 16.5. The quantitative estimate of drug-likeness (QED) is 0.470. The Hall–Kier alpha value is -3.25. The molecule has 0 saturated carbocycles. The number of benzene rings is 2. The van der Waals surface area contributed by atoms with E-state index in [1.54, 1.807) is 30.3 Å². The molecule has 0 aliphatic rings. The van der Waals surface area contributed by atoms with Crippen LogP contribution in [0.1, 0.15) is 35.8 Å². The smallest absolute Gasteiger partial charge is 0.267 e. The summed E-state index contributed by atoms with van der Waals surface area (Å²) in [5.41, 5.74) is 3.30. The number of allylic oxidation sites excluding steroid dienone is 1. The molecule has 0 saturated heterocycles. The fourth-order valence-electron chi connectivity index (χ4n) is 2.81. The number of aryl methyl sites for hydroxylation is 1. The molecule has 0 unspecified atom stereocenters. The van der Waals surface area contributed by atoms with Crippen molar-refractivity contribution in [2.75, 3.05) is 0 Å². The summed E-state index contributed by atoms with van der Waals surface area (Å²) in [5, 5.41) is 9.49. The summed E-state index contributed by atoms with van der Waals surface area (Å²) >= 11 is 6.14. The number of hydrogen-bond acceptors (Lipinski definition) is 4. The Bertz CT molecular complexity index is 1120. The van der Waals surface area contributed by atoms with E-state index in [1.165, 1.54) is 10.9 Å². The molecule has 0 fully saturated rings. The number of carbonyl (C=O) groups excluding carboxylic acids is 1. The third-order valence-corrected chi connectivity index (χ3v) is 4.47. The van der Waals surface area contributed by atoms with Gasteiger partial charge in [-0.1, -0.05) is 73.5 Å². The molecule has 1 heterocycles. The number of hydrazone groups is 1. The molecule has 1 amide bonds. The van der Waals surface area contributed by atoms with E-state index in [4.69, 9.17) is 11.6 Å². The van der Waals surface area contributed by atoms with Gasteiger partial charge >= 0.3 is 0 Å². The van der Waals surface area contributed by atoms with Gasteiger partial charge in [0.2, 0.25) is 0 Å². The second kappa shape index (κ2) is 9.80. The fourth-order valence-corrected chi connectivity index (χ4v) is 2.99. The van der Waals surface area contributed by atoms with Gasteiger partial charge in [0.15, 0.2) is 5.69 Å². The lowest BCUT2D eigenvalue weighted by atomic mass is 10.1. The van der Waals surface area contributed by atoms with Gasteiger partial charge in [-0.2, -0.15) is 10.2 Å². The van der Waals surface area contributed by atoms with Gasteiger partial charge < -0.3 is 0 Å². The highest BCUT2D eigenvalue weighted by Gasteiger charge is 2.16. The molecule has 0 aliphatic heterocycles. The van der Waals surface area contributed by atoms with Crippen LogP contribution in [0.4, 0.5) is 0 Å². The molecule has 6 nitrogen and oxygen atoms in total. The maximum atomic E-state index is 12.7. The van der Waals surface area contributed by atoms with Crippen LogP contribution in [0.2, 0.25) is 0 Å². The SMILES string of the molecule is CCCCn1nc(C(=O)N/N=C\C(Cl)=C\c2ccccc2)c2ccccc2c1=O. The van der Waals surface area contributed by atoms with E-state index in [0.717, 1.165) is 18.4 Å². The monoisotopic (exact) mass is 408 g/mol. The predicted octanol–water partition coefficient (Wildman–Crippen LogP) is 4.19. The van der Waals surface area contributed by atoms with Crippen molar-refractivity contribution in [2.24, 2.45) is 5.10 Å². The summed E-state index contributed by atoms with van der Waals surface area (Å²) in [6.45, 7) is 2.48. The molecular formula is C22H21ClN4O2. The van der Waals surface area contributed by atoms with E-state index < -0.39 is 5.91 Å². The molecule has 1 aromatic heterocycles. The van der Waals surface area contributed by atoms with Crippen LogP contribution in [0.25, 0.3) is 16.8 Å². The summed E-state index contributed by atoms with van der Waals surface area (Å²) in [6.07, 6.45) is 4.79. The van der Waals surface area contributed by atoms with E-state index in [0.29, 0.717) is 22.3 Å². The van der Waals surface area contributed by atoms with Crippen molar-refractivity contribution in [3.05, 3.63) is 81.2 Å². The maximum absolute atomic E-state index is 12.7. The maximum Gasteiger partial charge on any atom is 0.292 e. The summed E-state index contributed by atoms with van der Waals surface area (Å²) < 4.78 is 1.34. The zero-order chi connectivity index (χ0) is 20.6. The van der Waals surface area contributed by atoms with Crippen LogP contribution in [0.3, 0.4) is 0 Å². The number of halogens is 1. The Kier molecular flexibility index (Phi) is 6.92. The van der Waals surface area contributed by atoms with Crippen molar-refractivity contribution >= 4 is 40.6 Å². The van der Waals surface area contributed by atoms with Gasteiger partial charge in [0.25, 0.3) is 11.5 Å². The number of rotatable bonds is 7. The van der Waals surface area contributed by atoms with Crippen molar-refractivity contribution in [2.45, 2.75) is 26.3 Å². The largest absolute Gasteiger partial charge is 0.292 e. The van der Waals surface area contributed by atoms with Crippen molar-refractivity contribution in [1.82, 2.24) is 15.2 Å². The highest BCUT2D eigenvalue weighted by Crippen LogP contribution is 2.13. The average Bonchev–Trinajstić information content (AvgIpc) is 2.74. The minimum atomic E-state index is -0.508. The minimum Gasteiger partial charge on any atom is -0.267 e. The van der Waals surface area contributed by atoms with Gasteiger partial charge in [0.05, 0.1) is 16.6 Å². The zero-order valence-electron chi connectivity index (χ0n) is 16.0. The third kappa shape index (κ3) is 5.18. The van der Waals surface area contributed by atoms with Gasteiger partial charge in [-0.25, -0.2) is 10.1 Å². The van der Waals surface area contributed by atoms with E-state index in [-0.39, 0.29) is 11.3 Å². The third-order valence-electron chi connectivity index (χ3n) is 4.26. The first-order valence-electron chi connectivity index (χ1n) is 9.35. The summed E-state index contributed by atoms with van der Waals surface area (Å²) in [4.78, 5) is 25.3. The lowest BCUT2D eigenvalue weighted by Gasteiger charge is -2.09. The molecule has 0 bridgehead atoms. The van der Waals surface area contributed by atoms with Gasteiger partial charge in [0.1, 0.15) is 0 Å². The molecule has 0 spiro atoms. The molecule has 2 aromatic carbocycles. The van der Waals surface area contributed by atoms with Crippen LogP contribution >= 0.6 is 11.6 Å². The van der Waals surface area contributed by atoms with E-state index in [1.807, 2.05) is 37.3 Å². The fraction of sp³-hybridized carbons (Fsp3) is 0.182. The van der Waals surface area contributed by atoms with Crippen LogP contribution in [0.5, 0.6) is 0 Å². The first-order valence-corrected chi connectivity index (χ1v) is 9.73. The first kappa shape index (κ1) is 20.5. The highest BCUT2D eigenvalue weighted by molar-refractivity contribution is 6.41. The van der Waals surface area contributed by atoms with Crippen molar-refractivity contribution < 1.29 is 4.79 Å². The minimum absolute atomic E-state index is 0.150. The number of aromatic nitrogens is 2.